The maximum atomic E-state index is 7.61. The highest BCUT2D eigenvalue weighted by Gasteiger charge is 2.32. The molecule has 0 saturated carbocycles. The maximum Gasteiger partial charge on any atom is 0.123 e. The van der Waals surface area contributed by atoms with E-state index in [0.717, 1.165) is 36.4 Å². The number of fused-ring (bicyclic) bond motifs is 1. The van der Waals surface area contributed by atoms with Crippen LogP contribution in [0.25, 0.3) is 0 Å². The Bertz CT molecular complexity index is 854. The molecule has 0 spiro atoms. The fraction of sp³-hybridized carbons (Fsp3) is 0.350. The molecule has 0 aliphatic carbocycles. The molecule has 1 fully saturated rings. The number of rotatable bonds is 6. The number of benzene rings is 2. The van der Waals surface area contributed by atoms with E-state index in [1.165, 1.54) is 10.6 Å². The molecule has 2 unspecified atom stereocenters. The molecule has 2 aromatic carbocycles. The zero-order chi connectivity index (χ0) is 19.0. The molecule has 0 radical (unpaired) electrons. The highest BCUT2D eigenvalue weighted by atomic mass is 32.2. The number of thioether (sulfide) groups is 1. The van der Waals surface area contributed by atoms with E-state index in [4.69, 9.17) is 21.6 Å². The first-order valence-corrected chi connectivity index (χ1v) is 9.99. The summed E-state index contributed by atoms with van der Waals surface area (Å²) in [6, 6.07) is 14.0. The van der Waals surface area contributed by atoms with Gasteiger partial charge in [0.25, 0.3) is 0 Å². The zero-order valence-electron chi connectivity index (χ0n) is 15.3. The van der Waals surface area contributed by atoms with Gasteiger partial charge in [0.15, 0.2) is 0 Å². The smallest absolute Gasteiger partial charge is 0.123 e. The Hall–Kier alpha value is -2.22. The average Bonchev–Trinajstić information content (AvgIpc) is 2.95. The molecule has 2 aromatic rings. The van der Waals surface area contributed by atoms with E-state index in [0.29, 0.717) is 0 Å². The fourth-order valence-corrected chi connectivity index (χ4v) is 4.77. The molecule has 0 amide bonds. The Labute approximate surface area is 163 Å². The fourth-order valence-electron chi connectivity index (χ4n) is 3.45. The molecule has 2 atom stereocenters. The molecule has 6 nitrogen and oxygen atoms in total. The number of anilines is 1. The van der Waals surface area contributed by atoms with Crippen LogP contribution in [0.4, 0.5) is 5.69 Å². The quantitative estimate of drug-likeness (QED) is 0.448. The van der Waals surface area contributed by atoms with Gasteiger partial charge in [-0.05, 0) is 36.2 Å². The van der Waals surface area contributed by atoms with Gasteiger partial charge in [-0.3, -0.25) is 5.41 Å². The van der Waals surface area contributed by atoms with E-state index >= 15 is 0 Å². The third-order valence-corrected chi connectivity index (χ3v) is 6.55. The van der Waals surface area contributed by atoms with Crippen molar-refractivity contribution in [2.75, 3.05) is 25.0 Å². The lowest BCUT2D eigenvalue weighted by molar-refractivity contribution is 0.142. The van der Waals surface area contributed by atoms with Crippen LogP contribution in [0, 0.1) is 5.41 Å². The van der Waals surface area contributed by atoms with Crippen molar-refractivity contribution in [1.82, 2.24) is 5.32 Å². The number of nitrogen functional groups attached to an aromatic ring is 1. The number of likely N-dealkylation sites (N-methyl/N-ethyl adjacent to an activating group) is 1. The number of nitrogens with one attached hydrogen (secondary N) is 2. The summed E-state index contributed by atoms with van der Waals surface area (Å²) >= 11 is 1.79. The van der Waals surface area contributed by atoms with Crippen LogP contribution in [-0.2, 0) is 6.42 Å². The molecule has 27 heavy (non-hydrogen) atoms. The van der Waals surface area contributed by atoms with E-state index in [1.54, 1.807) is 11.8 Å². The van der Waals surface area contributed by atoms with Gasteiger partial charge in [-0.25, -0.2) is 0 Å². The van der Waals surface area contributed by atoms with Crippen LogP contribution in [-0.4, -0.2) is 43.5 Å². The van der Waals surface area contributed by atoms with Gasteiger partial charge < -0.3 is 26.4 Å². The number of nitrogens with zero attached hydrogens (tertiary/aromatic N) is 1. The van der Waals surface area contributed by atoms with Crippen molar-refractivity contribution >= 4 is 23.3 Å². The lowest BCUT2D eigenvalue weighted by Gasteiger charge is -2.28. The first-order chi connectivity index (χ1) is 13.0. The second kappa shape index (κ2) is 7.42. The number of hydrogen-bond acceptors (Lipinski definition) is 6. The molecule has 6 N–H and O–H groups in total. The summed E-state index contributed by atoms with van der Waals surface area (Å²) in [7, 11) is 2.09. The maximum absolute atomic E-state index is 7.61. The van der Waals surface area contributed by atoms with Gasteiger partial charge in [-0.15, -0.1) is 0 Å². The first-order valence-electron chi connectivity index (χ1n) is 9.11. The SMILES string of the molecule is CN1c2ccc(OC3CNC3)cc2SC1C(N)Cc1cccc(C(=N)N)c1. The monoisotopic (exact) mass is 383 g/mol. The standard InChI is InChI=1S/C20H25N5OS/c1-25-17-6-5-14(26-15-10-24-11-15)9-18(17)27-20(25)16(21)8-12-3-2-4-13(7-12)19(22)23/h2-7,9,15-16,20,24H,8,10-11,21H2,1H3,(H3,22,23). The Morgan fingerprint density at radius 3 is 2.85 bits per heavy atom. The van der Waals surface area contributed by atoms with Crippen molar-refractivity contribution < 1.29 is 4.74 Å². The van der Waals surface area contributed by atoms with Crippen molar-refractivity contribution in [2.24, 2.45) is 11.5 Å². The third kappa shape index (κ3) is 3.76. The molecule has 0 aromatic heterocycles. The molecule has 2 heterocycles. The predicted octanol–water partition coefficient (Wildman–Crippen LogP) is 1.76. The van der Waals surface area contributed by atoms with E-state index in [9.17, 15) is 0 Å². The van der Waals surface area contributed by atoms with Crippen molar-refractivity contribution in [3.8, 4) is 5.75 Å². The highest BCUT2D eigenvalue weighted by molar-refractivity contribution is 8.00. The average molecular weight is 384 g/mol. The molecule has 2 aliphatic heterocycles. The molecular weight excluding hydrogens is 358 g/mol. The third-order valence-electron chi connectivity index (χ3n) is 5.06. The van der Waals surface area contributed by atoms with Crippen LogP contribution in [0.1, 0.15) is 11.1 Å². The van der Waals surface area contributed by atoms with E-state index in [2.05, 4.69) is 29.4 Å². The van der Waals surface area contributed by atoms with Crippen LogP contribution < -0.4 is 26.4 Å². The minimum Gasteiger partial charge on any atom is -0.488 e. The summed E-state index contributed by atoms with van der Waals surface area (Å²) in [6.45, 7) is 1.83. The summed E-state index contributed by atoms with van der Waals surface area (Å²) < 4.78 is 5.98. The van der Waals surface area contributed by atoms with E-state index in [-0.39, 0.29) is 23.4 Å². The van der Waals surface area contributed by atoms with Crippen LogP contribution in [0.3, 0.4) is 0 Å². The second-order valence-electron chi connectivity index (χ2n) is 7.13. The van der Waals surface area contributed by atoms with Gasteiger partial charge in [0.1, 0.15) is 17.7 Å². The van der Waals surface area contributed by atoms with Crippen molar-refractivity contribution in [3.63, 3.8) is 0 Å². The topological polar surface area (TPSA) is 100 Å². The summed E-state index contributed by atoms with van der Waals surface area (Å²) in [4.78, 5) is 3.45. The summed E-state index contributed by atoms with van der Waals surface area (Å²) in [5, 5.41) is 11.0. The lowest BCUT2D eigenvalue weighted by atomic mass is 10.0. The number of hydrogen-bond donors (Lipinski definition) is 4. The van der Waals surface area contributed by atoms with E-state index < -0.39 is 0 Å². The van der Waals surface area contributed by atoms with Gasteiger partial charge in [-0.2, -0.15) is 0 Å². The van der Waals surface area contributed by atoms with Crippen LogP contribution in [0.15, 0.2) is 47.4 Å². The van der Waals surface area contributed by atoms with Gasteiger partial charge in [0, 0.05) is 36.6 Å². The van der Waals surface area contributed by atoms with Gasteiger partial charge in [0.2, 0.25) is 0 Å². The summed E-state index contributed by atoms with van der Waals surface area (Å²) in [5.41, 5.74) is 15.2. The molecule has 142 valence electrons. The summed E-state index contributed by atoms with van der Waals surface area (Å²) in [5.74, 6) is 1.00. The number of amidine groups is 1. The molecule has 0 bridgehead atoms. The van der Waals surface area contributed by atoms with Crippen LogP contribution in [0.2, 0.25) is 0 Å². The van der Waals surface area contributed by atoms with Crippen molar-refractivity contribution in [2.45, 2.75) is 28.8 Å². The Kier molecular flexibility index (Phi) is 4.99. The Morgan fingerprint density at radius 2 is 2.15 bits per heavy atom. The van der Waals surface area contributed by atoms with Gasteiger partial charge >= 0.3 is 0 Å². The van der Waals surface area contributed by atoms with E-state index in [1.807, 2.05) is 30.3 Å². The Balaban J connectivity index is 1.45. The molecule has 7 heteroatoms. The van der Waals surface area contributed by atoms with Crippen molar-refractivity contribution in [1.29, 1.82) is 5.41 Å². The minimum atomic E-state index is -0.0465. The number of ether oxygens (including phenoxy) is 1. The van der Waals surface area contributed by atoms with Gasteiger partial charge in [-0.1, -0.05) is 30.0 Å². The van der Waals surface area contributed by atoms with Crippen molar-refractivity contribution in [3.05, 3.63) is 53.6 Å². The zero-order valence-corrected chi connectivity index (χ0v) is 16.1. The molecular formula is C20H25N5OS. The number of nitrogens with two attached hydrogens (primary N) is 2. The van der Waals surface area contributed by atoms with Crippen LogP contribution in [0.5, 0.6) is 5.75 Å². The largest absolute Gasteiger partial charge is 0.488 e. The molecule has 4 rings (SSSR count). The first kappa shape index (κ1) is 18.2. The normalized spacial score (nSPS) is 20.1. The Morgan fingerprint density at radius 1 is 1.33 bits per heavy atom. The summed E-state index contributed by atoms with van der Waals surface area (Å²) in [6.07, 6.45) is 1.01. The molecule has 1 saturated heterocycles. The van der Waals surface area contributed by atoms with Crippen LogP contribution >= 0.6 is 11.8 Å². The van der Waals surface area contributed by atoms with Gasteiger partial charge in [0.05, 0.1) is 11.1 Å². The lowest BCUT2D eigenvalue weighted by Crippen LogP contribution is -2.50. The molecule has 2 aliphatic rings. The highest BCUT2D eigenvalue weighted by Crippen LogP contribution is 2.45. The predicted molar refractivity (Wildman–Crippen MR) is 111 cm³/mol. The second-order valence-corrected chi connectivity index (χ2v) is 8.29. The minimum absolute atomic E-state index is 0.0465.